The number of aryl methyl sites for hydroxylation is 2. The van der Waals surface area contributed by atoms with Gasteiger partial charge in [-0.2, -0.15) is 15.0 Å². The molecule has 0 bridgehead atoms. The highest BCUT2D eigenvalue weighted by molar-refractivity contribution is 5.93. The summed E-state index contributed by atoms with van der Waals surface area (Å²) in [5.41, 5.74) is 1.19. The lowest BCUT2D eigenvalue weighted by atomic mass is 9.91. The Hall–Kier alpha value is -2.25. The van der Waals surface area contributed by atoms with Crippen LogP contribution < -0.4 is 0 Å². The van der Waals surface area contributed by atoms with Crippen molar-refractivity contribution in [1.82, 2.24) is 35.1 Å². The predicted octanol–water partition coefficient (Wildman–Crippen LogP) is 1.87. The van der Waals surface area contributed by atoms with Gasteiger partial charge in [0.25, 0.3) is 5.91 Å². The first-order valence-corrected chi connectivity index (χ1v) is 9.77. The summed E-state index contributed by atoms with van der Waals surface area (Å²) in [5, 5.41) is 16.3. The Balaban J connectivity index is 1.38. The maximum Gasteiger partial charge on any atom is 0.276 e. The molecule has 8 heteroatoms. The van der Waals surface area contributed by atoms with Gasteiger partial charge in [-0.3, -0.25) is 9.89 Å². The van der Waals surface area contributed by atoms with Crippen molar-refractivity contribution >= 4 is 5.91 Å². The van der Waals surface area contributed by atoms with Crippen LogP contribution >= 0.6 is 0 Å². The van der Waals surface area contributed by atoms with E-state index in [0.29, 0.717) is 42.2 Å². The van der Waals surface area contributed by atoms with E-state index in [1.165, 1.54) is 25.7 Å². The molecule has 2 aromatic rings. The molecule has 1 saturated heterocycles. The van der Waals surface area contributed by atoms with Gasteiger partial charge in [-0.25, -0.2) is 4.98 Å². The number of hydrogen-bond acceptors (Lipinski definition) is 5. The van der Waals surface area contributed by atoms with Gasteiger partial charge >= 0.3 is 0 Å². The average Bonchev–Trinajstić information content (AvgIpc) is 3.55. The lowest BCUT2D eigenvalue weighted by Gasteiger charge is -2.14. The summed E-state index contributed by atoms with van der Waals surface area (Å²) in [6.45, 7) is 5.98. The lowest BCUT2D eigenvalue weighted by Crippen LogP contribution is -2.30. The Morgan fingerprint density at radius 2 is 2.00 bits per heavy atom. The van der Waals surface area contributed by atoms with Crippen molar-refractivity contribution in [2.24, 2.45) is 11.8 Å². The summed E-state index contributed by atoms with van der Waals surface area (Å²) in [5.74, 6) is 3.91. The monoisotopic (exact) mass is 355 g/mol. The number of carbonyl (C=O) groups is 1. The fourth-order valence-electron chi connectivity index (χ4n) is 4.18. The summed E-state index contributed by atoms with van der Waals surface area (Å²) in [6, 6.07) is 0. The number of rotatable bonds is 5. The van der Waals surface area contributed by atoms with Gasteiger partial charge in [0, 0.05) is 24.9 Å². The van der Waals surface area contributed by atoms with Gasteiger partial charge in [-0.05, 0) is 51.4 Å². The van der Waals surface area contributed by atoms with E-state index < -0.39 is 0 Å². The largest absolute Gasteiger partial charge is 0.336 e. The van der Waals surface area contributed by atoms with E-state index in [1.54, 1.807) is 4.80 Å². The molecular formula is C18H25N7O. The van der Waals surface area contributed by atoms with Crippen LogP contribution in [0.1, 0.15) is 72.3 Å². The van der Waals surface area contributed by atoms with Crippen molar-refractivity contribution in [3.05, 3.63) is 23.0 Å². The molecule has 0 unspecified atom stereocenters. The van der Waals surface area contributed by atoms with Crippen molar-refractivity contribution < 1.29 is 4.79 Å². The van der Waals surface area contributed by atoms with Gasteiger partial charge in [0.05, 0.1) is 12.2 Å². The number of likely N-dealkylation sites (tertiary alicyclic amines) is 1. The lowest BCUT2D eigenvalue weighted by molar-refractivity contribution is 0.0777. The number of nitrogens with one attached hydrogen (secondary N) is 1. The smallest absolute Gasteiger partial charge is 0.276 e. The molecule has 2 saturated carbocycles. The topological polar surface area (TPSA) is 92.6 Å². The van der Waals surface area contributed by atoms with Crippen LogP contribution in [0.5, 0.6) is 0 Å². The molecule has 138 valence electrons. The molecule has 0 radical (unpaired) electrons. The second-order valence-electron chi connectivity index (χ2n) is 7.99. The number of nitrogens with zero attached hydrogens (tertiary/aromatic N) is 6. The van der Waals surface area contributed by atoms with Crippen LogP contribution in [0.3, 0.4) is 0 Å². The van der Waals surface area contributed by atoms with E-state index in [9.17, 15) is 4.79 Å². The summed E-state index contributed by atoms with van der Waals surface area (Å²) < 4.78 is 0. The van der Waals surface area contributed by atoms with Gasteiger partial charge in [-0.15, -0.1) is 5.10 Å². The first kappa shape index (κ1) is 16.0. The van der Waals surface area contributed by atoms with Crippen molar-refractivity contribution in [3.8, 4) is 0 Å². The highest BCUT2D eigenvalue weighted by Gasteiger charge is 2.46. The molecule has 5 rings (SSSR count). The highest BCUT2D eigenvalue weighted by Crippen LogP contribution is 2.47. The zero-order chi connectivity index (χ0) is 17.8. The molecule has 3 aliphatic rings. The normalized spacial score (nSPS) is 25.8. The fraction of sp³-hybridized carbons (Fsp3) is 0.722. The van der Waals surface area contributed by atoms with Crippen LogP contribution in [0.15, 0.2) is 0 Å². The fourth-order valence-corrected chi connectivity index (χ4v) is 4.18. The molecule has 2 atom stereocenters. The molecule has 0 aromatic carbocycles. The number of amides is 1. The Labute approximate surface area is 152 Å². The van der Waals surface area contributed by atoms with Crippen LogP contribution in [-0.2, 0) is 6.54 Å². The van der Waals surface area contributed by atoms with Crippen LogP contribution in [0.2, 0.25) is 0 Å². The van der Waals surface area contributed by atoms with E-state index >= 15 is 0 Å². The molecule has 3 heterocycles. The molecule has 2 aliphatic carbocycles. The molecule has 0 spiro atoms. The molecule has 26 heavy (non-hydrogen) atoms. The first-order chi connectivity index (χ1) is 12.6. The third kappa shape index (κ3) is 2.71. The zero-order valence-electron chi connectivity index (χ0n) is 15.4. The Bertz CT molecular complexity index is 832. The molecule has 1 amide bonds. The molecule has 1 N–H and O–H groups in total. The van der Waals surface area contributed by atoms with Crippen molar-refractivity contribution in [2.45, 2.75) is 57.9 Å². The Morgan fingerprint density at radius 3 is 2.65 bits per heavy atom. The van der Waals surface area contributed by atoms with Crippen molar-refractivity contribution in [3.63, 3.8) is 0 Å². The van der Waals surface area contributed by atoms with Crippen LogP contribution in [0.4, 0.5) is 0 Å². The third-order valence-corrected chi connectivity index (χ3v) is 6.00. The minimum absolute atomic E-state index is 0.00252. The van der Waals surface area contributed by atoms with Crippen molar-refractivity contribution in [1.29, 1.82) is 0 Å². The number of H-pyrrole nitrogens is 1. The molecule has 3 fully saturated rings. The van der Waals surface area contributed by atoms with Crippen LogP contribution in [-0.4, -0.2) is 54.1 Å². The summed E-state index contributed by atoms with van der Waals surface area (Å²) in [4.78, 5) is 21.4. The quantitative estimate of drug-likeness (QED) is 0.884. The number of aromatic amines is 1. The zero-order valence-corrected chi connectivity index (χ0v) is 15.4. The summed E-state index contributed by atoms with van der Waals surface area (Å²) in [7, 11) is 0. The van der Waals surface area contributed by atoms with Gasteiger partial charge in [-0.1, -0.05) is 0 Å². The second kappa shape index (κ2) is 5.89. The van der Waals surface area contributed by atoms with E-state index in [2.05, 4.69) is 20.4 Å². The highest BCUT2D eigenvalue weighted by atomic mass is 16.2. The van der Waals surface area contributed by atoms with Gasteiger partial charge in [0.1, 0.15) is 5.82 Å². The second-order valence-corrected chi connectivity index (χ2v) is 7.99. The molecular weight excluding hydrogens is 330 g/mol. The third-order valence-electron chi connectivity index (χ3n) is 6.00. The minimum Gasteiger partial charge on any atom is -0.336 e. The standard InChI is InChI=1S/C18H25N7O/c1-3-25-22-10(2)15(23-25)18(26)24-8-13(11-4-5-11)14(9-24)17-19-16(20-21-17)12-6-7-12/h11-14H,3-9H2,1-2H3,(H,19,20,21)/t13-,14+/m1/s1. The predicted molar refractivity (Wildman–Crippen MR) is 93.6 cm³/mol. The van der Waals surface area contributed by atoms with E-state index in [4.69, 9.17) is 4.98 Å². The van der Waals surface area contributed by atoms with Crippen molar-refractivity contribution in [2.75, 3.05) is 13.1 Å². The molecule has 8 nitrogen and oxygen atoms in total. The average molecular weight is 355 g/mol. The van der Waals surface area contributed by atoms with E-state index in [1.807, 2.05) is 18.7 Å². The van der Waals surface area contributed by atoms with Gasteiger partial charge in [0.2, 0.25) is 0 Å². The number of carbonyl (C=O) groups excluding carboxylic acids is 1. The summed E-state index contributed by atoms with van der Waals surface area (Å²) in [6.07, 6.45) is 4.92. The van der Waals surface area contributed by atoms with E-state index in [-0.39, 0.29) is 11.8 Å². The minimum atomic E-state index is -0.00252. The van der Waals surface area contributed by atoms with Gasteiger partial charge in [0.15, 0.2) is 11.5 Å². The maximum absolute atomic E-state index is 13.0. The number of aromatic nitrogens is 6. The van der Waals surface area contributed by atoms with E-state index in [0.717, 1.165) is 18.2 Å². The molecule has 2 aromatic heterocycles. The van der Waals surface area contributed by atoms with Crippen LogP contribution in [0.25, 0.3) is 0 Å². The Kier molecular flexibility index (Phi) is 3.62. The van der Waals surface area contributed by atoms with Crippen LogP contribution in [0, 0.1) is 18.8 Å². The maximum atomic E-state index is 13.0. The number of hydrogen-bond donors (Lipinski definition) is 1. The molecule has 1 aliphatic heterocycles. The summed E-state index contributed by atoms with van der Waals surface area (Å²) >= 11 is 0. The van der Waals surface area contributed by atoms with Gasteiger partial charge < -0.3 is 4.90 Å². The first-order valence-electron chi connectivity index (χ1n) is 9.77. The SMILES string of the molecule is CCn1nc(C)c(C(=O)N2C[C@H](c3nc(C4CC4)n[nH]3)[C@@H](C3CC3)C2)n1. The Morgan fingerprint density at radius 1 is 1.19 bits per heavy atom.